The van der Waals surface area contributed by atoms with E-state index < -0.39 is 22.9 Å². The molecule has 0 aliphatic carbocycles. The van der Waals surface area contributed by atoms with Crippen molar-refractivity contribution >= 4 is 34.9 Å². The quantitative estimate of drug-likeness (QED) is 0.395. The summed E-state index contributed by atoms with van der Waals surface area (Å²) in [6.07, 6.45) is 0. The summed E-state index contributed by atoms with van der Waals surface area (Å²) in [5.74, 6) is -0.775. The molecule has 0 unspecified atom stereocenters. The van der Waals surface area contributed by atoms with Gasteiger partial charge in [-0.2, -0.15) is 0 Å². The second-order valence-corrected chi connectivity index (χ2v) is 6.08. The van der Waals surface area contributed by atoms with Gasteiger partial charge in [0.15, 0.2) is 0 Å². The van der Waals surface area contributed by atoms with E-state index in [0.29, 0.717) is 16.3 Å². The van der Waals surface area contributed by atoms with E-state index >= 15 is 0 Å². The molecule has 3 amide bonds. The molecule has 10 heteroatoms. The van der Waals surface area contributed by atoms with Gasteiger partial charge in [-0.1, -0.05) is 23.7 Å². The first kappa shape index (κ1) is 20.1. The van der Waals surface area contributed by atoms with Crippen molar-refractivity contribution in [3.8, 4) is 0 Å². The largest absolute Gasteiger partial charge is 0.322 e. The van der Waals surface area contributed by atoms with E-state index in [9.17, 15) is 19.7 Å². The Morgan fingerprint density at radius 3 is 2.30 bits per heavy atom. The van der Waals surface area contributed by atoms with Crippen molar-refractivity contribution in [1.29, 1.82) is 0 Å². The average Bonchev–Trinajstić information content (AvgIpc) is 2.67. The number of hydrogen-bond donors (Lipinski definition) is 3. The van der Waals surface area contributed by atoms with E-state index in [2.05, 4.69) is 5.32 Å². The molecule has 0 aromatic heterocycles. The zero-order chi connectivity index (χ0) is 20.0. The van der Waals surface area contributed by atoms with Crippen LogP contribution in [0.2, 0.25) is 5.02 Å². The molecule has 0 saturated heterocycles. The monoisotopic (exact) mass is 392 g/mol. The van der Waals surface area contributed by atoms with Gasteiger partial charge in [-0.15, -0.1) is 0 Å². The zero-order valence-electron chi connectivity index (χ0n) is 14.3. The van der Waals surface area contributed by atoms with E-state index in [4.69, 9.17) is 16.8 Å². The Hall–Kier alpha value is -3.17. The Bertz CT molecular complexity index is 826. The highest BCUT2D eigenvalue weighted by Crippen LogP contribution is 2.18. The number of urea groups is 1. The number of nitrogens with zero attached hydrogens (tertiary/aromatic N) is 2. The highest BCUT2D eigenvalue weighted by atomic mass is 35.5. The Balaban J connectivity index is 2.21. The third kappa shape index (κ3) is 5.40. The van der Waals surface area contributed by atoms with Gasteiger partial charge in [0, 0.05) is 29.4 Å². The number of hydrogen-bond acceptors (Lipinski definition) is 5. The van der Waals surface area contributed by atoms with E-state index in [1.807, 2.05) is 0 Å². The van der Waals surface area contributed by atoms with E-state index in [0.717, 1.165) is 0 Å². The molecular formula is C17H17ClN4O5. The standard InChI is InChI=1S/C17H17ClN4O5/c1-11(16(23)20-25)21(10-12-2-8-15(9-3-12)22(26)27)17(24)19-14-6-4-13(18)5-7-14/h2-9,11,25H,10H2,1H3,(H,19,24)(H,20,23)/t11-/m0/s1. The Morgan fingerprint density at radius 2 is 1.78 bits per heavy atom. The van der Waals surface area contributed by atoms with Crippen molar-refractivity contribution < 1.29 is 19.7 Å². The van der Waals surface area contributed by atoms with Gasteiger partial charge in [-0.05, 0) is 36.8 Å². The number of nitrogens with one attached hydrogen (secondary N) is 2. The number of halogens is 1. The van der Waals surface area contributed by atoms with Gasteiger partial charge in [0.2, 0.25) is 0 Å². The maximum Gasteiger partial charge on any atom is 0.322 e. The van der Waals surface area contributed by atoms with Crippen LogP contribution in [0.4, 0.5) is 16.2 Å². The Morgan fingerprint density at radius 1 is 1.19 bits per heavy atom. The molecule has 1 atom stereocenters. The number of hydroxylamine groups is 1. The molecule has 142 valence electrons. The van der Waals surface area contributed by atoms with Crippen LogP contribution in [0.5, 0.6) is 0 Å². The van der Waals surface area contributed by atoms with Gasteiger partial charge in [-0.25, -0.2) is 10.3 Å². The topological polar surface area (TPSA) is 125 Å². The molecule has 9 nitrogen and oxygen atoms in total. The fourth-order valence-corrected chi connectivity index (χ4v) is 2.39. The number of amides is 3. The second kappa shape index (κ2) is 8.97. The first-order valence-electron chi connectivity index (χ1n) is 7.82. The number of carbonyl (C=O) groups excluding carboxylic acids is 2. The summed E-state index contributed by atoms with van der Waals surface area (Å²) in [7, 11) is 0. The van der Waals surface area contributed by atoms with Crippen molar-refractivity contribution in [3.05, 3.63) is 69.2 Å². The number of nitro groups is 1. The van der Waals surface area contributed by atoms with Crippen molar-refractivity contribution in [2.75, 3.05) is 5.32 Å². The van der Waals surface area contributed by atoms with Crippen LogP contribution in [0.15, 0.2) is 48.5 Å². The van der Waals surface area contributed by atoms with Gasteiger partial charge >= 0.3 is 6.03 Å². The van der Waals surface area contributed by atoms with Crippen molar-refractivity contribution in [1.82, 2.24) is 10.4 Å². The molecule has 0 spiro atoms. The van der Waals surface area contributed by atoms with Crippen LogP contribution < -0.4 is 10.8 Å². The summed E-state index contributed by atoms with van der Waals surface area (Å²) in [4.78, 5) is 35.8. The lowest BCUT2D eigenvalue weighted by Crippen LogP contribution is -2.48. The number of anilines is 1. The summed E-state index contributed by atoms with van der Waals surface area (Å²) >= 11 is 5.81. The minimum Gasteiger partial charge on any atom is -0.308 e. The predicted octanol–water partition coefficient (Wildman–Crippen LogP) is 3.18. The smallest absolute Gasteiger partial charge is 0.308 e. The molecule has 27 heavy (non-hydrogen) atoms. The van der Waals surface area contributed by atoms with E-state index in [-0.39, 0.29) is 12.2 Å². The van der Waals surface area contributed by atoms with Crippen LogP contribution in [0.3, 0.4) is 0 Å². The highest BCUT2D eigenvalue weighted by molar-refractivity contribution is 6.30. The van der Waals surface area contributed by atoms with Crippen LogP contribution >= 0.6 is 11.6 Å². The molecule has 0 radical (unpaired) electrons. The molecule has 0 aliphatic rings. The molecule has 2 aromatic rings. The number of carbonyl (C=O) groups is 2. The van der Waals surface area contributed by atoms with E-state index in [1.165, 1.54) is 41.6 Å². The minimum atomic E-state index is -1.00. The van der Waals surface area contributed by atoms with Gasteiger partial charge in [0.1, 0.15) is 6.04 Å². The van der Waals surface area contributed by atoms with E-state index in [1.54, 1.807) is 24.3 Å². The fraction of sp³-hybridized carbons (Fsp3) is 0.176. The average molecular weight is 393 g/mol. The third-order valence-corrected chi connectivity index (χ3v) is 4.07. The molecule has 0 saturated carbocycles. The van der Waals surface area contributed by atoms with Gasteiger partial charge in [-0.3, -0.25) is 20.1 Å². The number of benzene rings is 2. The predicted molar refractivity (Wildman–Crippen MR) is 98.5 cm³/mol. The normalized spacial score (nSPS) is 11.4. The lowest BCUT2D eigenvalue weighted by atomic mass is 10.1. The van der Waals surface area contributed by atoms with Gasteiger partial charge in [0.25, 0.3) is 11.6 Å². The maximum absolute atomic E-state index is 12.7. The second-order valence-electron chi connectivity index (χ2n) is 5.64. The van der Waals surface area contributed by atoms with Crippen molar-refractivity contribution in [2.24, 2.45) is 0 Å². The maximum atomic E-state index is 12.7. The fourth-order valence-electron chi connectivity index (χ4n) is 2.27. The molecule has 2 aromatic carbocycles. The summed E-state index contributed by atoms with van der Waals surface area (Å²) in [6, 6.07) is 10.4. The summed E-state index contributed by atoms with van der Waals surface area (Å²) < 4.78 is 0. The van der Waals surface area contributed by atoms with Gasteiger partial charge in [0.05, 0.1) is 4.92 Å². The third-order valence-electron chi connectivity index (χ3n) is 3.81. The zero-order valence-corrected chi connectivity index (χ0v) is 15.0. The van der Waals surface area contributed by atoms with Gasteiger partial charge < -0.3 is 10.2 Å². The molecule has 2 rings (SSSR count). The Labute approximate surface area is 159 Å². The van der Waals surface area contributed by atoms with Crippen LogP contribution in [-0.4, -0.2) is 33.0 Å². The number of nitro benzene ring substituents is 1. The number of non-ortho nitro benzene ring substituents is 1. The van der Waals surface area contributed by atoms with Crippen LogP contribution in [0, 0.1) is 10.1 Å². The summed E-state index contributed by atoms with van der Waals surface area (Å²) in [5, 5.41) is 22.8. The van der Waals surface area contributed by atoms with Crippen molar-refractivity contribution in [3.63, 3.8) is 0 Å². The molecule has 0 aliphatic heterocycles. The molecule has 0 fully saturated rings. The van der Waals surface area contributed by atoms with Crippen LogP contribution in [-0.2, 0) is 11.3 Å². The first-order valence-corrected chi connectivity index (χ1v) is 8.20. The molecule has 0 heterocycles. The first-order chi connectivity index (χ1) is 12.8. The van der Waals surface area contributed by atoms with Crippen molar-refractivity contribution in [2.45, 2.75) is 19.5 Å². The SMILES string of the molecule is C[C@@H](C(=O)NO)N(Cc1ccc([N+](=O)[O-])cc1)C(=O)Nc1ccc(Cl)cc1. The molecule has 0 bridgehead atoms. The minimum absolute atomic E-state index is 0.00793. The molecular weight excluding hydrogens is 376 g/mol. The lowest BCUT2D eigenvalue weighted by molar-refractivity contribution is -0.384. The molecule has 3 N–H and O–H groups in total. The lowest BCUT2D eigenvalue weighted by Gasteiger charge is -2.28. The van der Waals surface area contributed by atoms with Crippen LogP contribution in [0.1, 0.15) is 12.5 Å². The summed E-state index contributed by atoms with van der Waals surface area (Å²) in [6.45, 7) is 1.43. The number of rotatable bonds is 6. The summed E-state index contributed by atoms with van der Waals surface area (Å²) in [5.41, 5.74) is 2.47. The van der Waals surface area contributed by atoms with Crippen LogP contribution in [0.25, 0.3) is 0 Å². The Kier molecular flexibility index (Phi) is 6.69. The highest BCUT2D eigenvalue weighted by Gasteiger charge is 2.26.